The third-order valence-corrected chi connectivity index (χ3v) is 8.11. The van der Waals surface area contributed by atoms with Crippen molar-refractivity contribution in [3.63, 3.8) is 0 Å². The van der Waals surface area contributed by atoms with Crippen molar-refractivity contribution in [1.82, 2.24) is 5.32 Å². The fourth-order valence-electron chi connectivity index (χ4n) is 4.28. The van der Waals surface area contributed by atoms with E-state index in [0.29, 0.717) is 36.1 Å². The topological polar surface area (TPSA) is 94.2 Å². The minimum absolute atomic E-state index is 0.147. The zero-order valence-electron chi connectivity index (χ0n) is 20.4. The number of sulfonamides is 1. The molecule has 0 aromatic heterocycles. The summed E-state index contributed by atoms with van der Waals surface area (Å²) in [6.07, 6.45) is -1.03. The molecule has 3 aromatic carbocycles. The van der Waals surface area contributed by atoms with Gasteiger partial charge in [0.2, 0.25) is 0 Å². The molecule has 188 valence electrons. The molecule has 0 saturated heterocycles. The third kappa shape index (κ3) is 4.58. The number of benzene rings is 3. The number of nitrogens with zero attached hydrogens (tertiary/aromatic N) is 1. The first-order valence-corrected chi connectivity index (χ1v) is 13.2. The van der Waals surface area contributed by atoms with E-state index >= 15 is 0 Å². The van der Waals surface area contributed by atoms with Crippen LogP contribution in [0.4, 0.5) is 5.69 Å². The molecule has 5 rings (SSSR count). The summed E-state index contributed by atoms with van der Waals surface area (Å²) in [7, 11) is -3.92. The Morgan fingerprint density at radius 2 is 1.61 bits per heavy atom. The summed E-state index contributed by atoms with van der Waals surface area (Å²) in [5.41, 5.74) is 3.10. The lowest BCUT2D eigenvalue weighted by Gasteiger charge is -2.35. The molecule has 1 amide bonds. The van der Waals surface area contributed by atoms with Crippen LogP contribution in [-0.2, 0) is 14.8 Å². The smallest absolute Gasteiger partial charge is 0.264 e. The van der Waals surface area contributed by atoms with Crippen molar-refractivity contribution >= 4 is 21.6 Å². The largest absolute Gasteiger partial charge is 0.486 e. The van der Waals surface area contributed by atoms with Gasteiger partial charge in [-0.1, -0.05) is 29.8 Å². The number of nitrogens with one attached hydrogen (secondary N) is 1. The van der Waals surface area contributed by atoms with E-state index in [4.69, 9.17) is 14.2 Å². The molecular formula is C27H28N2O6S. The van der Waals surface area contributed by atoms with Gasteiger partial charge in [0.05, 0.1) is 23.2 Å². The van der Waals surface area contributed by atoms with E-state index in [2.05, 4.69) is 5.32 Å². The van der Waals surface area contributed by atoms with Gasteiger partial charge in [0, 0.05) is 0 Å². The Bertz CT molecular complexity index is 1400. The average molecular weight is 509 g/mol. The van der Waals surface area contributed by atoms with Crippen LogP contribution in [0, 0.1) is 13.8 Å². The Morgan fingerprint density at radius 1 is 0.917 bits per heavy atom. The highest BCUT2D eigenvalue weighted by molar-refractivity contribution is 7.92. The summed E-state index contributed by atoms with van der Waals surface area (Å²) < 4.78 is 45.7. The van der Waals surface area contributed by atoms with Gasteiger partial charge in [-0.05, 0) is 68.3 Å². The Labute approximate surface area is 210 Å². The van der Waals surface area contributed by atoms with Crippen LogP contribution >= 0.6 is 0 Å². The minimum Gasteiger partial charge on any atom is -0.486 e. The van der Waals surface area contributed by atoms with Gasteiger partial charge in [0.1, 0.15) is 19.0 Å². The highest BCUT2D eigenvalue weighted by Crippen LogP contribution is 2.38. The van der Waals surface area contributed by atoms with E-state index in [1.54, 1.807) is 36.4 Å². The second-order valence-electron chi connectivity index (χ2n) is 9.06. The van der Waals surface area contributed by atoms with Crippen LogP contribution < -0.4 is 23.8 Å². The van der Waals surface area contributed by atoms with Crippen molar-refractivity contribution in [1.29, 1.82) is 0 Å². The van der Waals surface area contributed by atoms with Gasteiger partial charge < -0.3 is 19.5 Å². The van der Waals surface area contributed by atoms with Gasteiger partial charge >= 0.3 is 0 Å². The van der Waals surface area contributed by atoms with Gasteiger partial charge in [0.15, 0.2) is 17.6 Å². The highest BCUT2D eigenvalue weighted by atomic mass is 32.2. The predicted molar refractivity (Wildman–Crippen MR) is 135 cm³/mol. The molecule has 0 aliphatic carbocycles. The van der Waals surface area contributed by atoms with E-state index in [1.165, 1.54) is 4.31 Å². The Kier molecular flexibility index (Phi) is 6.26. The van der Waals surface area contributed by atoms with Crippen molar-refractivity contribution in [3.8, 4) is 17.2 Å². The van der Waals surface area contributed by atoms with Crippen LogP contribution in [0.2, 0.25) is 0 Å². The number of rotatable bonds is 5. The van der Waals surface area contributed by atoms with E-state index in [1.807, 2.05) is 45.0 Å². The number of carbonyl (C=O) groups excluding carboxylic acids is 1. The Morgan fingerprint density at radius 3 is 2.36 bits per heavy atom. The zero-order valence-corrected chi connectivity index (χ0v) is 21.2. The summed E-state index contributed by atoms with van der Waals surface area (Å²) in [6, 6.07) is 17.1. The molecular weight excluding hydrogens is 480 g/mol. The van der Waals surface area contributed by atoms with Gasteiger partial charge in [0.25, 0.3) is 15.9 Å². The number of aryl methyl sites for hydroxylation is 2. The quantitative estimate of drug-likeness (QED) is 0.562. The van der Waals surface area contributed by atoms with Crippen LogP contribution in [0.15, 0.2) is 65.6 Å². The molecule has 2 atom stereocenters. The van der Waals surface area contributed by atoms with Crippen LogP contribution in [0.25, 0.3) is 0 Å². The molecule has 2 aliphatic rings. The Hall–Kier alpha value is -3.72. The van der Waals surface area contributed by atoms with Gasteiger partial charge in [-0.15, -0.1) is 0 Å². The summed E-state index contributed by atoms with van der Waals surface area (Å²) in [5, 5.41) is 2.96. The number of carbonyl (C=O) groups is 1. The molecule has 0 spiro atoms. The molecule has 0 unspecified atom stereocenters. The number of hydrogen-bond donors (Lipinski definition) is 1. The monoisotopic (exact) mass is 508 g/mol. The molecule has 0 bridgehead atoms. The fourth-order valence-corrected chi connectivity index (χ4v) is 5.76. The molecule has 2 aliphatic heterocycles. The predicted octanol–water partition coefficient (Wildman–Crippen LogP) is 3.91. The maximum absolute atomic E-state index is 13.6. The maximum Gasteiger partial charge on any atom is 0.264 e. The Balaban J connectivity index is 1.41. The van der Waals surface area contributed by atoms with E-state index in [-0.39, 0.29) is 17.5 Å². The molecule has 0 radical (unpaired) electrons. The van der Waals surface area contributed by atoms with Crippen LogP contribution in [0.3, 0.4) is 0 Å². The van der Waals surface area contributed by atoms with Crippen molar-refractivity contribution in [3.05, 3.63) is 77.4 Å². The third-order valence-electron chi connectivity index (χ3n) is 6.31. The number of amides is 1. The summed E-state index contributed by atoms with van der Waals surface area (Å²) in [4.78, 5) is 13.5. The van der Waals surface area contributed by atoms with Crippen molar-refractivity contribution < 1.29 is 27.4 Å². The van der Waals surface area contributed by atoms with E-state index in [9.17, 15) is 13.2 Å². The van der Waals surface area contributed by atoms with Crippen LogP contribution in [0.5, 0.6) is 17.2 Å². The fraction of sp³-hybridized carbons (Fsp3) is 0.296. The van der Waals surface area contributed by atoms with E-state index in [0.717, 1.165) is 16.7 Å². The number of anilines is 1. The number of ether oxygens (including phenoxy) is 3. The number of hydrogen-bond acceptors (Lipinski definition) is 6. The lowest BCUT2D eigenvalue weighted by atomic mass is 10.1. The van der Waals surface area contributed by atoms with Crippen molar-refractivity contribution in [2.75, 3.05) is 24.1 Å². The molecule has 36 heavy (non-hydrogen) atoms. The minimum atomic E-state index is -3.92. The first kappa shape index (κ1) is 24.0. The van der Waals surface area contributed by atoms with Gasteiger partial charge in [-0.3, -0.25) is 9.10 Å². The SMILES string of the molecule is Cc1ccc(S(=O)(=O)N2C[C@@H](C(=O)N[C@@H](C)c3ccc4c(c3)OCCO4)Oc3cc(C)ccc32)cc1. The standard InChI is InChI=1S/C27H28N2O6S/c1-17-4-8-21(9-5-17)36(31,32)29-16-26(35-24-14-18(2)6-10-22(24)29)27(30)28-19(3)20-7-11-23-25(15-20)34-13-12-33-23/h4-11,14-15,19,26H,12-13,16H2,1-3H3,(H,28,30)/t19-,26-/m0/s1. The number of fused-ring (bicyclic) bond motifs is 2. The second-order valence-corrected chi connectivity index (χ2v) is 10.9. The van der Waals surface area contributed by atoms with Crippen molar-refractivity contribution in [2.24, 2.45) is 0 Å². The molecule has 2 heterocycles. The molecule has 8 nitrogen and oxygen atoms in total. The van der Waals surface area contributed by atoms with Gasteiger partial charge in [-0.2, -0.15) is 0 Å². The molecule has 1 N–H and O–H groups in total. The van der Waals surface area contributed by atoms with Crippen LogP contribution in [0.1, 0.15) is 29.7 Å². The zero-order chi connectivity index (χ0) is 25.4. The maximum atomic E-state index is 13.6. The van der Waals surface area contributed by atoms with Crippen molar-refractivity contribution in [2.45, 2.75) is 37.8 Å². The first-order chi connectivity index (χ1) is 17.2. The lowest BCUT2D eigenvalue weighted by Crippen LogP contribution is -2.51. The first-order valence-electron chi connectivity index (χ1n) is 11.8. The molecule has 9 heteroatoms. The van der Waals surface area contributed by atoms with Crippen LogP contribution in [-0.4, -0.2) is 40.2 Å². The van der Waals surface area contributed by atoms with E-state index < -0.39 is 22.0 Å². The molecule has 0 saturated carbocycles. The lowest BCUT2D eigenvalue weighted by molar-refractivity contribution is -0.128. The van der Waals surface area contributed by atoms with Gasteiger partial charge in [-0.25, -0.2) is 8.42 Å². The molecule has 0 fully saturated rings. The summed E-state index contributed by atoms with van der Waals surface area (Å²) in [6.45, 7) is 6.46. The molecule has 3 aromatic rings. The summed E-state index contributed by atoms with van der Waals surface area (Å²) >= 11 is 0. The second kappa shape index (κ2) is 9.39. The summed E-state index contributed by atoms with van der Waals surface area (Å²) in [5.74, 6) is 1.24. The normalized spacial score (nSPS) is 17.5. The average Bonchev–Trinajstić information content (AvgIpc) is 2.87. The highest BCUT2D eigenvalue weighted by Gasteiger charge is 2.38.